The maximum atomic E-state index is 13.7. The van der Waals surface area contributed by atoms with E-state index < -0.39 is 0 Å². The Balaban J connectivity index is 2.00. The number of ether oxygens (including phenoxy) is 1. The van der Waals surface area contributed by atoms with Crippen LogP contribution in [0.5, 0.6) is 5.75 Å². The summed E-state index contributed by atoms with van der Waals surface area (Å²) in [6.45, 7) is 5.54. The number of carbonyl (C=O) groups excluding carboxylic acids is 2. The zero-order valence-corrected chi connectivity index (χ0v) is 19.1. The average molecular weight is 419 g/mol. The molecule has 1 heterocycles. The van der Waals surface area contributed by atoms with Gasteiger partial charge in [-0.05, 0) is 83.2 Å². The molecule has 3 aromatic rings. The van der Waals surface area contributed by atoms with E-state index in [1.54, 1.807) is 26.2 Å². The number of carbonyl (C=O) groups is 2. The fraction of sp³-hybridized carbons (Fsp3) is 0.308. The smallest absolute Gasteiger partial charge is 0.182 e. The van der Waals surface area contributed by atoms with Crippen LogP contribution >= 0.6 is 0 Å². The number of aryl methyl sites for hydroxylation is 1. The van der Waals surface area contributed by atoms with E-state index in [0.717, 1.165) is 22.6 Å². The molecule has 2 aromatic carbocycles. The third-order valence-corrected chi connectivity index (χ3v) is 5.74. The van der Waals surface area contributed by atoms with Crippen LogP contribution in [-0.2, 0) is 6.42 Å². The topological polar surface area (TPSA) is 51.5 Å². The van der Waals surface area contributed by atoms with E-state index in [-0.39, 0.29) is 17.6 Å². The molecule has 0 aliphatic heterocycles. The van der Waals surface area contributed by atoms with Crippen LogP contribution in [0.25, 0.3) is 5.69 Å². The van der Waals surface area contributed by atoms with Gasteiger partial charge in [0.1, 0.15) is 5.75 Å². The van der Waals surface area contributed by atoms with Crippen LogP contribution in [0.15, 0.2) is 54.6 Å². The highest BCUT2D eigenvalue weighted by atomic mass is 16.5. The molecule has 1 atom stereocenters. The third-order valence-electron chi connectivity index (χ3n) is 5.74. The molecule has 3 rings (SSSR count). The van der Waals surface area contributed by atoms with Crippen molar-refractivity contribution in [1.82, 2.24) is 9.47 Å². The number of hydrogen-bond acceptors (Lipinski definition) is 4. The van der Waals surface area contributed by atoms with Gasteiger partial charge in [-0.25, -0.2) is 0 Å². The largest absolute Gasteiger partial charge is 0.496 e. The molecule has 0 aliphatic rings. The van der Waals surface area contributed by atoms with Crippen molar-refractivity contribution in [2.24, 2.45) is 0 Å². The molecule has 0 saturated carbocycles. The number of aromatic nitrogens is 1. The molecule has 1 aromatic heterocycles. The number of likely N-dealkylation sites (N-methyl/N-ethyl adjacent to an activating group) is 1. The fourth-order valence-electron chi connectivity index (χ4n) is 4.04. The van der Waals surface area contributed by atoms with Crippen LogP contribution in [0.1, 0.15) is 44.6 Å². The van der Waals surface area contributed by atoms with Gasteiger partial charge in [0.15, 0.2) is 11.6 Å². The summed E-state index contributed by atoms with van der Waals surface area (Å²) < 4.78 is 7.61. The first-order valence-corrected chi connectivity index (χ1v) is 10.4. The van der Waals surface area contributed by atoms with Crippen molar-refractivity contribution < 1.29 is 14.3 Å². The van der Waals surface area contributed by atoms with Gasteiger partial charge in [0.05, 0.1) is 13.2 Å². The van der Waals surface area contributed by atoms with Crippen LogP contribution in [0.4, 0.5) is 0 Å². The second-order valence-electron chi connectivity index (χ2n) is 8.09. The van der Waals surface area contributed by atoms with Gasteiger partial charge >= 0.3 is 0 Å². The number of benzene rings is 2. The Kier molecular flexibility index (Phi) is 6.76. The highest BCUT2D eigenvalue weighted by molar-refractivity contribution is 6.02. The number of methoxy groups -OCH3 is 1. The molecule has 0 amide bonds. The minimum absolute atomic E-state index is 0.0111. The predicted octanol–water partition coefficient (Wildman–Crippen LogP) is 4.66. The second kappa shape index (κ2) is 9.31. The Morgan fingerprint density at radius 3 is 2.29 bits per heavy atom. The molecule has 0 N–H and O–H groups in total. The molecule has 0 unspecified atom stereocenters. The van der Waals surface area contributed by atoms with E-state index in [1.807, 2.05) is 75.3 Å². The number of Topliss-reactive ketones (excluding diaryl/α,β-unsaturated/α-hetero) is 2. The zero-order chi connectivity index (χ0) is 22.7. The SMILES string of the molecule is COc1ccc(C(C)=O)cc1C[C@H](C(=O)c1cc(C)n(-c2ccccc2)c1C)N(C)C. The molecular weight excluding hydrogens is 388 g/mol. The Labute approximate surface area is 184 Å². The first-order chi connectivity index (χ1) is 14.7. The molecule has 0 fully saturated rings. The lowest BCUT2D eigenvalue weighted by molar-refractivity contribution is 0.0873. The Hall–Kier alpha value is -3.18. The lowest BCUT2D eigenvalue weighted by atomic mass is 9.94. The number of para-hydroxylation sites is 1. The molecule has 162 valence electrons. The summed E-state index contributed by atoms with van der Waals surface area (Å²) in [6.07, 6.45) is 0.450. The summed E-state index contributed by atoms with van der Waals surface area (Å²) in [7, 11) is 5.41. The first-order valence-electron chi connectivity index (χ1n) is 10.4. The van der Waals surface area contributed by atoms with Gasteiger partial charge in [-0.2, -0.15) is 0 Å². The summed E-state index contributed by atoms with van der Waals surface area (Å²) in [5, 5.41) is 0. The van der Waals surface area contributed by atoms with E-state index in [4.69, 9.17) is 4.74 Å². The van der Waals surface area contributed by atoms with E-state index in [2.05, 4.69) is 4.57 Å². The minimum Gasteiger partial charge on any atom is -0.496 e. The van der Waals surface area contributed by atoms with E-state index in [1.165, 1.54) is 0 Å². The summed E-state index contributed by atoms with van der Waals surface area (Å²) >= 11 is 0. The molecule has 5 nitrogen and oxygen atoms in total. The van der Waals surface area contributed by atoms with Crippen molar-refractivity contribution in [1.29, 1.82) is 0 Å². The zero-order valence-electron chi connectivity index (χ0n) is 19.1. The number of ketones is 2. The fourth-order valence-corrected chi connectivity index (χ4v) is 4.04. The molecule has 0 radical (unpaired) electrons. The van der Waals surface area contributed by atoms with Gasteiger partial charge in [0.25, 0.3) is 0 Å². The molecule has 0 saturated heterocycles. The Morgan fingerprint density at radius 2 is 1.71 bits per heavy atom. The first kappa shape index (κ1) is 22.5. The highest BCUT2D eigenvalue weighted by Crippen LogP contribution is 2.27. The number of rotatable bonds is 8. The average Bonchev–Trinajstić information content (AvgIpc) is 3.05. The highest BCUT2D eigenvalue weighted by Gasteiger charge is 2.27. The standard InChI is InChI=1S/C26H30N2O3/c1-17-14-23(18(2)28(17)22-10-8-7-9-11-22)26(30)24(27(4)5)16-21-15-20(19(3)29)12-13-25(21)31-6/h7-15,24H,16H2,1-6H3/t24-/m1/s1. The van der Waals surface area contributed by atoms with Crippen LogP contribution in [-0.4, -0.2) is 48.3 Å². The lowest BCUT2D eigenvalue weighted by Gasteiger charge is -2.24. The molecule has 0 bridgehead atoms. The molecule has 0 aliphatic carbocycles. The molecular formula is C26H30N2O3. The second-order valence-corrected chi connectivity index (χ2v) is 8.09. The summed E-state index contributed by atoms with van der Waals surface area (Å²) in [5.41, 5.74) is 5.14. The number of hydrogen-bond donors (Lipinski definition) is 0. The predicted molar refractivity (Wildman–Crippen MR) is 124 cm³/mol. The van der Waals surface area contributed by atoms with Crippen molar-refractivity contribution in [2.75, 3.05) is 21.2 Å². The summed E-state index contributed by atoms with van der Waals surface area (Å²) in [4.78, 5) is 27.5. The van der Waals surface area contributed by atoms with Gasteiger partial charge in [-0.15, -0.1) is 0 Å². The van der Waals surface area contributed by atoms with Crippen molar-refractivity contribution in [3.05, 3.63) is 82.7 Å². The van der Waals surface area contributed by atoms with E-state index in [0.29, 0.717) is 23.3 Å². The van der Waals surface area contributed by atoms with Gasteiger partial charge in [0, 0.05) is 28.2 Å². The van der Waals surface area contributed by atoms with E-state index >= 15 is 0 Å². The monoisotopic (exact) mass is 418 g/mol. The maximum Gasteiger partial charge on any atom is 0.182 e. The Morgan fingerprint density at radius 1 is 1.03 bits per heavy atom. The van der Waals surface area contributed by atoms with Crippen LogP contribution in [0.2, 0.25) is 0 Å². The quantitative estimate of drug-likeness (QED) is 0.499. The lowest BCUT2D eigenvalue weighted by Crippen LogP contribution is -2.38. The van der Waals surface area contributed by atoms with Crippen molar-refractivity contribution in [2.45, 2.75) is 33.2 Å². The minimum atomic E-state index is -0.388. The molecule has 0 spiro atoms. The van der Waals surface area contributed by atoms with Crippen molar-refractivity contribution in [3.63, 3.8) is 0 Å². The number of nitrogens with zero attached hydrogens (tertiary/aromatic N) is 2. The van der Waals surface area contributed by atoms with Crippen molar-refractivity contribution >= 4 is 11.6 Å². The van der Waals surface area contributed by atoms with Gasteiger partial charge in [-0.3, -0.25) is 14.5 Å². The van der Waals surface area contributed by atoms with Gasteiger partial charge < -0.3 is 9.30 Å². The van der Waals surface area contributed by atoms with Crippen molar-refractivity contribution in [3.8, 4) is 11.4 Å². The van der Waals surface area contributed by atoms with Gasteiger partial charge in [-0.1, -0.05) is 18.2 Å². The normalized spacial score (nSPS) is 12.1. The molecule has 5 heteroatoms. The maximum absolute atomic E-state index is 13.7. The van der Waals surface area contributed by atoms with Crippen LogP contribution < -0.4 is 4.74 Å². The van der Waals surface area contributed by atoms with Crippen LogP contribution in [0, 0.1) is 13.8 Å². The van der Waals surface area contributed by atoms with Gasteiger partial charge in [0.2, 0.25) is 0 Å². The third kappa shape index (κ3) is 4.62. The summed E-state index contributed by atoms with van der Waals surface area (Å²) in [5.74, 6) is 0.720. The molecule has 31 heavy (non-hydrogen) atoms. The summed E-state index contributed by atoms with van der Waals surface area (Å²) in [6, 6.07) is 17.0. The Bertz CT molecular complexity index is 1100. The van der Waals surface area contributed by atoms with E-state index in [9.17, 15) is 9.59 Å². The van der Waals surface area contributed by atoms with Crippen LogP contribution in [0.3, 0.4) is 0 Å².